The molecule has 2 fully saturated rings. The summed E-state index contributed by atoms with van der Waals surface area (Å²) in [6.45, 7) is 2.08. The third kappa shape index (κ3) is 9.48. The van der Waals surface area contributed by atoms with E-state index < -0.39 is 0 Å². The normalized spacial score (nSPS) is 21.4. The monoisotopic (exact) mass is 270 g/mol. The molecular weight excluding hydrogens is 259 g/mol. The number of rotatable bonds is 0. The Morgan fingerprint density at radius 2 is 1.08 bits per heavy atom. The number of halogens is 1. The molecule has 2 aliphatic rings. The molecule has 2 saturated carbocycles. The van der Waals surface area contributed by atoms with Gasteiger partial charge in [0.1, 0.15) is 0 Å². The molecule has 0 aromatic carbocycles. The zero-order valence-electron chi connectivity index (χ0n) is 7.65. The summed E-state index contributed by atoms with van der Waals surface area (Å²) in [5.74, 6) is 1.34. The van der Waals surface area contributed by atoms with Crippen LogP contribution in [-0.2, 0) is 23.5 Å². The van der Waals surface area contributed by atoms with Crippen LogP contribution in [-0.4, -0.2) is 0 Å². The second-order valence-corrected chi connectivity index (χ2v) is 2.42. The standard InChI is InChI=1S/C6H7.C5H5.ClH.Zr.H/c1-6-4-2-3-5-6;1-2-4-5-3-1;;;/h2-5H,1H3;1-5H;1H;;/q;;;+1;/p-1. The van der Waals surface area contributed by atoms with Crippen molar-refractivity contribution >= 4 is 8.51 Å². The zero-order valence-corrected chi connectivity index (χ0v) is 11.2. The van der Waals surface area contributed by atoms with Crippen LogP contribution in [0.15, 0.2) is 0 Å². The first-order valence-corrected chi connectivity index (χ1v) is 7.62. The average Bonchev–Trinajstić information content (AvgIpc) is 2.81. The van der Waals surface area contributed by atoms with Crippen molar-refractivity contribution in [2.45, 2.75) is 6.92 Å². The molecular formula is C11H13ClZr. The van der Waals surface area contributed by atoms with Gasteiger partial charge in [0.25, 0.3) is 0 Å². The van der Waals surface area contributed by atoms with Crippen molar-refractivity contribution in [2.75, 3.05) is 0 Å². The molecule has 0 amide bonds. The minimum atomic E-state index is 0.822. The zero-order chi connectivity index (χ0) is 9.94. The molecule has 0 bridgehead atoms. The Morgan fingerprint density at radius 3 is 1.23 bits per heavy atom. The summed E-state index contributed by atoms with van der Waals surface area (Å²) in [5, 5.41) is 0. The molecule has 0 aromatic heterocycles. The van der Waals surface area contributed by atoms with Crippen LogP contribution in [0.4, 0.5) is 0 Å². The summed E-state index contributed by atoms with van der Waals surface area (Å²) < 4.78 is 0. The second-order valence-electron chi connectivity index (χ2n) is 2.42. The molecule has 2 heteroatoms. The molecule has 2 rings (SSSR count). The predicted octanol–water partition coefficient (Wildman–Crippen LogP) is 2.85. The fourth-order valence-electron chi connectivity index (χ4n) is 0.791. The molecule has 0 nitrogen and oxygen atoms in total. The molecule has 0 N–H and O–H groups in total. The summed E-state index contributed by atoms with van der Waals surface area (Å²) in [4.78, 5) is 0. The van der Waals surface area contributed by atoms with E-state index in [1.165, 1.54) is 5.92 Å². The maximum atomic E-state index is 4.77. The Bertz CT molecular complexity index is 78.5. The van der Waals surface area contributed by atoms with Gasteiger partial charge in [-0.15, -0.1) is 0 Å². The second kappa shape index (κ2) is 11.2. The number of hydrogen-bond donors (Lipinski definition) is 0. The van der Waals surface area contributed by atoms with Crippen molar-refractivity contribution in [1.29, 1.82) is 0 Å². The van der Waals surface area contributed by atoms with Gasteiger partial charge in [0, 0.05) is 0 Å². The summed E-state index contributed by atoms with van der Waals surface area (Å²) in [5.41, 5.74) is 0. The molecule has 2 aliphatic carbocycles. The van der Waals surface area contributed by atoms with Crippen LogP contribution in [0, 0.1) is 63.7 Å². The van der Waals surface area contributed by atoms with Crippen LogP contribution < -0.4 is 0 Å². The van der Waals surface area contributed by atoms with Gasteiger partial charge in [-0.1, -0.05) is 6.92 Å². The van der Waals surface area contributed by atoms with E-state index in [1.807, 2.05) is 44.9 Å². The Hall–Kier alpha value is 1.17. The van der Waals surface area contributed by atoms with Crippen LogP contribution in [0.5, 0.6) is 0 Å². The van der Waals surface area contributed by atoms with E-state index in [2.05, 4.69) is 19.8 Å². The van der Waals surface area contributed by atoms with Crippen molar-refractivity contribution in [2.24, 2.45) is 0 Å². The molecule has 0 unspecified atom stereocenters. The topological polar surface area (TPSA) is 0 Å². The van der Waals surface area contributed by atoms with Gasteiger partial charge in [-0.05, 0) is 63.7 Å². The molecule has 0 saturated heterocycles. The van der Waals surface area contributed by atoms with E-state index in [-0.39, 0.29) is 0 Å². The maximum absolute atomic E-state index is 4.77. The van der Waals surface area contributed by atoms with Gasteiger partial charge in [-0.25, -0.2) is 0 Å². The third-order valence-electron chi connectivity index (χ3n) is 1.38. The van der Waals surface area contributed by atoms with Gasteiger partial charge in [0.15, 0.2) is 0 Å². The number of hydrogen-bond acceptors (Lipinski definition) is 0. The van der Waals surface area contributed by atoms with Crippen LogP contribution in [0.2, 0.25) is 0 Å². The molecule has 13 heavy (non-hydrogen) atoms. The summed E-state index contributed by atoms with van der Waals surface area (Å²) >= 11 is 0.822. The van der Waals surface area contributed by atoms with Crippen molar-refractivity contribution in [3.05, 3.63) is 63.7 Å². The van der Waals surface area contributed by atoms with E-state index in [0.717, 1.165) is 23.5 Å². The van der Waals surface area contributed by atoms with Gasteiger partial charge < -0.3 is 0 Å². The van der Waals surface area contributed by atoms with Gasteiger partial charge in [-0.2, -0.15) is 0 Å². The summed E-state index contributed by atoms with van der Waals surface area (Å²) in [6, 6.07) is 0. The van der Waals surface area contributed by atoms with E-state index >= 15 is 0 Å². The molecule has 0 aromatic rings. The first-order chi connectivity index (χ1) is 6.39. The van der Waals surface area contributed by atoms with Crippen LogP contribution in [0.1, 0.15) is 6.92 Å². The SMILES string of the molecule is C[C]1[CH][CH][CH][CH]1.[CH]1[CH][CH][CH][CH]1.[Cl][ZrH]. The van der Waals surface area contributed by atoms with Crippen LogP contribution in [0.25, 0.3) is 0 Å². The molecule has 0 atom stereocenters. The van der Waals surface area contributed by atoms with E-state index in [0.29, 0.717) is 0 Å². The summed E-state index contributed by atoms with van der Waals surface area (Å²) in [6.07, 6.45) is 18.2. The Balaban J connectivity index is 0.000000189. The molecule has 68 valence electrons. The van der Waals surface area contributed by atoms with E-state index in [4.69, 9.17) is 8.51 Å². The molecule has 10 radical (unpaired) electrons. The van der Waals surface area contributed by atoms with E-state index in [1.54, 1.807) is 0 Å². The van der Waals surface area contributed by atoms with Gasteiger partial charge in [0.05, 0.1) is 0 Å². The van der Waals surface area contributed by atoms with Crippen molar-refractivity contribution in [1.82, 2.24) is 0 Å². The van der Waals surface area contributed by atoms with Crippen molar-refractivity contribution < 1.29 is 23.5 Å². The van der Waals surface area contributed by atoms with Crippen LogP contribution in [0.3, 0.4) is 0 Å². The summed E-state index contributed by atoms with van der Waals surface area (Å²) in [7, 11) is 4.77. The van der Waals surface area contributed by atoms with Gasteiger partial charge in [0.2, 0.25) is 0 Å². The Morgan fingerprint density at radius 1 is 0.769 bits per heavy atom. The first-order valence-electron chi connectivity index (χ1n) is 3.96. The molecule has 0 heterocycles. The van der Waals surface area contributed by atoms with E-state index in [9.17, 15) is 0 Å². The average molecular weight is 272 g/mol. The fraction of sp³-hybridized carbons (Fsp3) is 0.0909. The quantitative estimate of drug-likeness (QED) is 0.636. The minimum absolute atomic E-state index is 0.822. The fourth-order valence-corrected chi connectivity index (χ4v) is 0.791. The predicted molar refractivity (Wildman–Crippen MR) is 54.9 cm³/mol. The van der Waals surface area contributed by atoms with Crippen molar-refractivity contribution in [3.63, 3.8) is 0 Å². The Kier molecular flexibility index (Phi) is 12.3. The first kappa shape index (κ1) is 14.2. The van der Waals surface area contributed by atoms with Gasteiger partial charge in [-0.3, -0.25) is 0 Å². The molecule has 0 spiro atoms. The third-order valence-corrected chi connectivity index (χ3v) is 1.38. The van der Waals surface area contributed by atoms with Crippen LogP contribution >= 0.6 is 8.51 Å². The molecule has 0 aliphatic heterocycles. The van der Waals surface area contributed by atoms with Crippen molar-refractivity contribution in [3.8, 4) is 0 Å². The van der Waals surface area contributed by atoms with Gasteiger partial charge >= 0.3 is 32.0 Å². The Labute approximate surface area is 102 Å².